The van der Waals surface area contributed by atoms with E-state index in [1.165, 1.54) is 0 Å². The van der Waals surface area contributed by atoms with Gasteiger partial charge in [-0.15, -0.1) is 12.4 Å². The van der Waals surface area contributed by atoms with E-state index >= 15 is 0 Å². The molecule has 1 aliphatic heterocycles. The highest BCUT2D eigenvalue weighted by Crippen LogP contribution is 2.18. The van der Waals surface area contributed by atoms with Crippen LogP contribution in [0, 0.1) is 0 Å². The highest BCUT2D eigenvalue weighted by Gasteiger charge is 2.24. The van der Waals surface area contributed by atoms with Crippen LogP contribution in [-0.4, -0.2) is 29.9 Å². The summed E-state index contributed by atoms with van der Waals surface area (Å²) in [5.41, 5.74) is 6.59. The standard InChI is InChI=1S/C15H16N2O.ClH/c16-14-7-8-17(10-14)15(18)13-6-5-11-3-1-2-4-12(11)9-13;/h1-6,9,14H,7-8,10,16H2;1H. The van der Waals surface area contributed by atoms with Crippen LogP contribution in [0.25, 0.3) is 10.8 Å². The SMILES string of the molecule is Cl.NC1CCN(C(=O)c2ccc3ccccc3c2)C1. The molecule has 1 unspecified atom stereocenters. The lowest BCUT2D eigenvalue weighted by atomic mass is 10.1. The van der Waals surface area contributed by atoms with Gasteiger partial charge in [0.15, 0.2) is 0 Å². The Bertz CT molecular complexity index is 599. The van der Waals surface area contributed by atoms with Crippen LogP contribution in [0.1, 0.15) is 16.8 Å². The molecule has 3 rings (SSSR count). The summed E-state index contributed by atoms with van der Waals surface area (Å²) in [5, 5.41) is 2.26. The molecule has 3 nitrogen and oxygen atoms in total. The summed E-state index contributed by atoms with van der Waals surface area (Å²) in [4.78, 5) is 14.1. The smallest absolute Gasteiger partial charge is 0.253 e. The van der Waals surface area contributed by atoms with Crippen molar-refractivity contribution in [2.24, 2.45) is 5.73 Å². The molecule has 1 amide bonds. The Morgan fingerprint density at radius 2 is 1.89 bits per heavy atom. The lowest BCUT2D eigenvalue weighted by Gasteiger charge is -2.16. The molecular formula is C15H17ClN2O. The number of carbonyl (C=O) groups is 1. The van der Waals surface area contributed by atoms with E-state index < -0.39 is 0 Å². The molecule has 0 aliphatic carbocycles. The molecule has 0 radical (unpaired) electrons. The van der Waals surface area contributed by atoms with Gasteiger partial charge in [-0.25, -0.2) is 0 Å². The number of rotatable bonds is 1. The molecule has 0 bridgehead atoms. The molecular weight excluding hydrogens is 260 g/mol. The number of fused-ring (bicyclic) bond motifs is 1. The van der Waals surface area contributed by atoms with Gasteiger partial charge in [-0.3, -0.25) is 4.79 Å². The molecule has 1 atom stereocenters. The van der Waals surface area contributed by atoms with E-state index in [1.54, 1.807) is 0 Å². The van der Waals surface area contributed by atoms with Gasteiger partial charge in [-0.1, -0.05) is 30.3 Å². The second-order valence-corrected chi connectivity index (χ2v) is 4.86. The molecule has 1 heterocycles. The van der Waals surface area contributed by atoms with Gasteiger partial charge >= 0.3 is 0 Å². The van der Waals surface area contributed by atoms with Crippen molar-refractivity contribution in [1.82, 2.24) is 4.90 Å². The molecule has 1 aliphatic rings. The van der Waals surface area contributed by atoms with Crippen LogP contribution in [0.4, 0.5) is 0 Å². The topological polar surface area (TPSA) is 46.3 Å². The monoisotopic (exact) mass is 276 g/mol. The number of hydrogen-bond acceptors (Lipinski definition) is 2. The Labute approximate surface area is 118 Å². The highest BCUT2D eigenvalue weighted by atomic mass is 35.5. The summed E-state index contributed by atoms with van der Waals surface area (Å²) in [7, 11) is 0. The molecule has 100 valence electrons. The van der Waals surface area contributed by atoms with Crippen LogP contribution in [0.2, 0.25) is 0 Å². The van der Waals surface area contributed by atoms with E-state index in [-0.39, 0.29) is 24.4 Å². The summed E-state index contributed by atoms with van der Waals surface area (Å²) in [6.07, 6.45) is 0.902. The number of nitrogens with two attached hydrogens (primary N) is 1. The van der Waals surface area contributed by atoms with Gasteiger partial charge in [-0.2, -0.15) is 0 Å². The second kappa shape index (κ2) is 5.59. The number of hydrogen-bond donors (Lipinski definition) is 1. The van der Waals surface area contributed by atoms with Crippen molar-refractivity contribution in [3.8, 4) is 0 Å². The van der Waals surface area contributed by atoms with Gasteiger partial charge < -0.3 is 10.6 Å². The Balaban J connectivity index is 0.00000133. The quantitative estimate of drug-likeness (QED) is 0.870. The lowest BCUT2D eigenvalue weighted by molar-refractivity contribution is 0.0791. The maximum atomic E-state index is 12.3. The molecule has 2 aromatic carbocycles. The van der Waals surface area contributed by atoms with E-state index in [2.05, 4.69) is 6.07 Å². The first-order valence-electron chi connectivity index (χ1n) is 6.28. The van der Waals surface area contributed by atoms with Crippen molar-refractivity contribution in [2.45, 2.75) is 12.5 Å². The number of halogens is 1. The van der Waals surface area contributed by atoms with E-state index in [0.717, 1.165) is 29.3 Å². The summed E-state index contributed by atoms with van der Waals surface area (Å²) in [6, 6.07) is 14.1. The average molecular weight is 277 g/mol. The molecule has 1 saturated heterocycles. The summed E-state index contributed by atoms with van der Waals surface area (Å²) in [5.74, 6) is 0.0914. The summed E-state index contributed by atoms with van der Waals surface area (Å²) in [6.45, 7) is 1.44. The molecule has 2 N–H and O–H groups in total. The molecule has 0 saturated carbocycles. The fourth-order valence-corrected chi connectivity index (χ4v) is 2.48. The number of carbonyl (C=O) groups excluding carboxylic acids is 1. The van der Waals surface area contributed by atoms with Crippen molar-refractivity contribution in [3.05, 3.63) is 48.0 Å². The summed E-state index contributed by atoms with van der Waals surface area (Å²) >= 11 is 0. The predicted octanol–water partition coefficient (Wildman–Crippen LogP) is 2.43. The van der Waals surface area contributed by atoms with Crippen molar-refractivity contribution >= 4 is 29.1 Å². The fraction of sp³-hybridized carbons (Fsp3) is 0.267. The Kier molecular flexibility index (Phi) is 4.08. The molecule has 0 spiro atoms. The molecule has 1 fully saturated rings. The number of likely N-dealkylation sites (tertiary alicyclic amines) is 1. The van der Waals surface area contributed by atoms with E-state index in [4.69, 9.17) is 5.73 Å². The van der Waals surface area contributed by atoms with E-state index in [1.807, 2.05) is 41.3 Å². The van der Waals surface area contributed by atoms with Crippen LogP contribution in [0.5, 0.6) is 0 Å². The minimum Gasteiger partial charge on any atom is -0.337 e. The molecule has 0 aromatic heterocycles. The first-order valence-corrected chi connectivity index (χ1v) is 6.28. The molecule has 4 heteroatoms. The minimum atomic E-state index is 0. The van der Waals surface area contributed by atoms with Gasteiger partial charge in [-0.05, 0) is 29.3 Å². The van der Waals surface area contributed by atoms with Crippen molar-refractivity contribution in [1.29, 1.82) is 0 Å². The zero-order chi connectivity index (χ0) is 12.5. The summed E-state index contributed by atoms with van der Waals surface area (Å²) < 4.78 is 0. The van der Waals surface area contributed by atoms with Crippen molar-refractivity contribution in [3.63, 3.8) is 0 Å². The third-order valence-corrected chi connectivity index (χ3v) is 3.51. The normalized spacial score (nSPS) is 18.4. The van der Waals surface area contributed by atoms with Crippen LogP contribution < -0.4 is 5.73 Å². The Hall–Kier alpha value is -1.58. The predicted molar refractivity (Wildman–Crippen MR) is 79.7 cm³/mol. The van der Waals surface area contributed by atoms with Crippen LogP contribution in [0.3, 0.4) is 0 Å². The highest BCUT2D eigenvalue weighted by molar-refractivity contribution is 5.98. The van der Waals surface area contributed by atoms with Crippen LogP contribution in [-0.2, 0) is 0 Å². The molecule has 19 heavy (non-hydrogen) atoms. The average Bonchev–Trinajstić information content (AvgIpc) is 2.84. The lowest BCUT2D eigenvalue weighted by Crippen LogP contribution is -2.31. The van der Waals surface area contributed by atoms with Gasteiger partial charge in [0.2, 0.25) is 0 Å². The second-order valence-electron chi connectivity index (χ2n) is 4.86. The third-order valence-electron chi connectivity index (χ3n) is 3.51. The maximum absolute atomic E-state index is 12.3. The largest absolute Gasteiger partial charge is 0.337 e. The van der Waals surface area contributed by atoms with Crippen molar-refractivity contribution < 1.29 is 4.79 Å². The maximum Gasteiger partial charge on any atom is 0.253 e. The van der Waals surface area contributed by atoms with Crippen molar-refractivity contribution in [2.75, 3.05) is 13.1 Å². The van der Waals surface area contributed by atoms with Crippen LogP contribution in [0.15, 0.2) is 42.5 Å². The van der Waals surface area contributed by atoms with Gasteiger partial charge in [0, 0.05) is 24.7 Å². The first-order chi connectivity index (χ1) is 8.74. The Morgan fingerprint density at radius 3 is 2.58 bits per heavy atom. The number of amides is 1. The van der Waals surface area contributed by atoms with Gasteiger partial charge in [0.25, 0.3) is 5.91 Å². The first kappa shape index (κ1) is 13.8. The zero-order valence-electron chi connectivity index (χ0n) is 10.6. The van der Waals surface area contributed by atoms with E-state index in [0.29, 0.717) is 6.54 Å². The van der Waals surface area contributed by atoms with Gasteiger partial charge in [0.05, 0.1) is 0 Å². The molecule has 2 aromatic rings. The fourth-order valence-electron chi connectivity index (χ4n) is 2.48. The Morgan fingerprint density at radius 1 is 1.16 bits per heavy atom. The third kappa shape index (κ3) is 2.72. The number of nitrogens with zero attached hydrogens (tertiary/aromatic N) is 1. The van der Waals surface area contributed by atoms with Gasteiger partial charge in [0.1, 0.15) is 0 Å². The van der Waals surface area contributed by atoms with E-state index in [9.17, 15) is 4.79 Å². The zero-order valence-corrected chi connectivity index (χ0v) is 11.4. The minimum absolute atomic E-state index is 0. The van der Waals surface area contributed by atoms with Crippen LogP contribution >= 0.6 is 12.4 Å². The number of benzene rings is 2.